The van der Waals surface area contributed by atoms with Crippen molar-refractivity contribution in [2.24, 2.45) is 5.92 Å². The van der Waals surface area contributed by atoms with Gasteiger partial charge in [0.05, 0.1) is 6.54 Å². The van der Waals surface area contributed by atoms with Crippen molar-refractivity contribution >= 4 is 0 Å². The molecule has 0 aromatic rings. The van der Waals surface area contributed by atoms with Gasteiger partial charge in [-0.3, -0.25) is 0 Å². The summed E-state index contributed by atoms with van der Waals surface area (Å²) in [6.07, 6.45) is 1.48. The molecule has 0 aromatic carbocycles. The van der Waals surface area contributed by atoms with Crippen LogP contribution in [0.3, 0.4) is 0 Å². The fourth-order valence-electron chi connectivity index (χ4n) is 0.924. The molecule has 0 aromatic heterocycles. The molecular formula is C7H13F2N. The van der Waals surface area contributed by atoms with Gasteiger partial charge in [-0.15, -0.1) is 0 Å². The summed E-state index contributed by atoms with van der Waals surface area (Å²) in [7, 11) is 0. The molecule has 1 N–H and O–H groups in total. The third-order valence-electron chi connectivity index (χ3n) is 1.72. The summed E-state index contributed by atoms with van der Waals surface area (Å²) in [5.74, 6) is 0.838. The highest BCUT2D eigenvalue weighted by Crippen LogP contribution is 2.31. The van der Waals surface area contributed by atoms with Gasteiger partial charge in [0.25, 0.3) is 6.43 Å². The van der Waals surface area contributed by atoms with Crippen LogP contribution in [0.4, 0.5) is 8.78 Å². The number of rotatable bonds is 5. The van der Waals surface area contributed by atoms with Gasteiger partial charge in [0.1, 0.15) is 0 Å². The normalized spacial score (nSPS) is 18.3. The molecule has 3 heteroatoms. The van der Waals surface area contributed by atoms with Gasteiger partial charge in [-0.25, -0.2) is 8.78 Å². The molecular weight excluding hydrogens is 136 g/mol. The monoisotopic (exact) mass is 149 g/mol. The minimum atomic E-state index is -2.20. The fraction of sp³-hybridized carbons (Fsp3) is 1.00. The van der Waals surface area contributed by atoms with Gasteiger partial charge in [-0.2, -0.15) is 0 Å². The minimum absolute atomic E-state index is 0.146. The van der Waals surface area contributed by atoms with E-state index in [1.54, 1.807) is 0 Å². The van der Waals surface area contributed by atoms with E-state index in [-0.39, 0.29) is 6.54 Å². The predicted octanol–water partition coefficient (Wildman–Crippen LogP) is 1.64. The highest BCUT2D eigenvalue weighted by atomic mass is 19.3. The molecule has 0 radical (unpaired) electrons. The van der Waals surface area contributed by atoms with Crippen LogP contribution >= 0.6 is 0 Å². The molecule has 1 fully saturated rings. The Bertz CT molecular complexity index is 87.6. The summed E-state index contributed by atoms with van der Waals surface area (Å²) in [5.41, 5.74) is 0. The largest absolute Gasteiger partial charge is 0.311 e. The molecule has 0 unspecified atom stereocenters. The van der Waals surface area contributed by atoms with Crippen LogP contribution in [-0.4, -0.2) is 19.5 Å². The smallest absolute Gasteiger partial charge is 0.250 e. The summed E-state index contributed by atoms with van der Waals surface area (Å²) in [5, 5.41) is 2.71. The first-order valence-electron chi connectivity index (χ1n) is 3.78. The molecule has 0 saturated heterocycles. The Morgan fingerprint density at radius 3 is 2.60 bits per heavy atom. The van der Waals surface area contributed by atoms with Crippen LogP contribution in [0, 0.1) is 5.92 Å². The van der Waals surface area contributed by atoms with Crippen LogP contribution < -0.4 is 5.32 Å². The van der Waals surface area contributed by atoms with Gasteiger partial charge in [-0.1, -0.05) is 12.8 Å². The molecule has 1 saturated carbocycles. The van der Waals surface area contributed by atoms with Crippen LogP contribution in [0.1, 0.15) is 19.3 Å². The zero-order chi connectivity index (χ0) is 7.40. The molecule has 1 rings (SSSR count). The number of nitrogens with one attached hydrogen (secondary N) is 1. The second-order valence-electron chi connectivity index (χ2n) is 2.83. The molecule has 0 aliphatic heterocycles. The Morgan fingerprint density at radius 1 is 1.40 bits per heavy atom. The van der Waals surface area contributed by atoms with E-state index in [4.69, 9.17) is 0 Å². The highest BCUT2D eigenvalue weighted by molar-refractivity contribution is 4.73. The lowest BCUT2D eigenvalue weighted by molar-refractivity contribution is 0.146. The second-order valence-corrected chi connectivity index (χ2v) is 2.83. The number of hydrogen-bond acceptors (Lipinski definition) is 1. The van der Waals surface area contributed by atoms with E-state index >= 15 is 0 Å². The summed E-state index contributed by atoms with van der Waals surface area (Å²) >= 11 is 0. The summed E-state index contributed by atoms with van der Waals surface area (Å²) in [6.45, 7) is 0.613. The Kier molecular flexibility index (Phi) is 3.06. The minimum Gasteiger partial charge on any atom is -0.311 e. The molecule has 0 atom stereocenters. The van der Waals surface area contributed by atoms with E-state index in [0.29, 0.717) is 0 Å². The highest BCUT2D eigenvalue weighted by Gasteiger charge is 2.20. The maximum Gasteiger partial charge on any atom is 0.250 e. The molecule has 1 nitrogen and oxygen atoms in total. The Labute approximate surface area is 59.8 Å². The maximum absolute atomic E-state index is 11.5. The molecule has 0 heterocycles. The maximum atomic E-state index is 11.5. The molecule has 1 aliphatic rings. The molecule has 1 aliphatic carbocycles. The molecule has 60 valence electrons. The van der Waals surface area contributed by atoms with Gasteiger partial charge < -0.3 is 5.32 Å². The zero-order valence-electron chi connectivity index (χ0n) is 5.95. The van der Waals surface area contributed by atoms with E-state index in [9.17, 15) is 8.78 Å². The Balaban J connectivity index is 1.76. The molecule has 0 bridgehead atoms. The summed E-state index contributed by atoms with van der Waals surface area (Å²) in [6, 6.07) is 0. The van der Waals surface area contributed by atoms with Gasteiger partial charge in [0.2, 0.25) is 0 Å². The first-order valence-corrected chi connectivity index (χ1v) is 3.78. The van der Waals surface area contributed by atoms with Crippen molar-refractivity contribution in [1.82, 2.24) is 5.32 Å². The van der Waals surface area contributed by atoms with Crippen LogP contribution in [0.25, 0.3) is 0 Å². The van der Waals surface area contributed by atoms with Crippen LogP contribution in [-0.2, 0) is 0 Å². The van der Waals surface area contributed by atoms with Crippen molar-refractivity contribution in [2.75, 3.05) is 13.1 Å². The van der Waals surface area contributed by atoms with Crippen molar-refractivity contribution in [2.45, 2.75) is 25.7 Å². The number of alkyl halides is 2. The van der Waals surface area contributed by atoms with Crippen molar-refractivity contribution in [3.63, 3.8) is 0 Å². The van der Waals surface area contributed by atoms with E-state index in [0.717, 1.165) is 18.9 Å². The lowest BCUT2D eigenvalue weighted by atomic mass is 10.3. The first-order chi connectivity index (χ1) is 4.79. The summed E-state index contributed by atoms with van der Waals surface area (Å²) < 4.78 is 23.0. The van der Waals surface area contributed by atoms with Crippen LogP contribution in [0.5, 0.6) is 0 Å². The third kappa shape index (κ3) is 3.77. The van der Waals surface area contributed by atoms with E-state index < -0.39 is 6.43 Å². The van der Waals surface area contributed by atoms with Crippen molar-refractivity contribution < 1.29 is 8.78 Å². The van der Waals surface area contributed by atoms with Crippen LogP contribution in [0.15, 0.2) is 0 Å². The van der Waals surface area contributed by atoms with Crippen molar-refractivity contribution in [3.8, 4) is 0 Å². The number of hydrogen-bond donors (Lipinski definition) is 1. The summed E-state index contributed by atoms with van der Waals surface area (Å²) in [4.78, 5) is 0. The Hall–Kier alpha value is -0.180. The Morgan fingerprint density at radius 2 is 2.10 bits per heavy atom. The van der Waals surface area contributed by atoms with Gasteiger partial charge >= 0.3 is 0 Å². The second kappa shape index (κ2) is 3.86. The topological polar surface area (TPSA) is 12.0 Å². The van der Waals surface area contributed by atoms with E-state index in [1.807, 2.05) is 0 Å². The first kappa shape index (κ1) is 7.92. The number of halogens is 2. The molecule has 0 spiro atoms. The standard InChI is InChI=1S/C7H13F2N/c8-7(9)5-10-4-3-6-1-2-6/h6-7,10H,1-5H2. The van der Waals surface area contributed by atoms with Gasteiger partial charge in [0, 0.05) is 0 Å². The van der Waals surface area contributed by atoms with E-state index in [1.165, 1.54) is 12.8 Å². The SMILES string of the molecule is FC(F)CNCCC1CC1. The molecule has 0 amide bonds. The average molecular weight is 149 g/mol. The fourth-order valence-corrected chi connectivity index (χ4v) is 0.924. The van der Waals surface area contributed by atoms with Gasteiger partial charge in [-0.05, 0) is 18.9 Å². The zero-order valence-corrected chi connectivity index (χ0v) is 5.95. The van der Waals surface area contributed by atoms with Crippen molar-refractivity contribution in [1.29, 1.82) is 0 Å². The third-order valence-corrected chi connectivity index (χ3v) is 1.72. The van der Waals surface area contributed by atoms with Crippen LogP contribution in [0.2, 0.25) is 0 Å². The van der Waals surface area contributed by atoms with E-state index in [2.05, 4.69) is 5.32 Å². The lowest BCUT2D eigenvalue weighted by Crippen LogP contribution is -2.22. The predicted molar refractivity (Wildman–Crippen MR) is 36.2 cm³/mol. The average Bonchev–Trinajstić information content (AvgIpc) is 2.62. The van der Waals surface area contributed by atoms with Crippen molar-refractivity contribution in [3.05, 3.63) is 0 Å². The quantitative estimate of drug-likeness (QED) is 0.586. The lowest BCUT2D eigenvalue weighted by Gasteiger charge is -2.01. The molecule has 10 heavy (non-hydrogen) atoms. The van der Waals surface area contributed by atoms with Gasteiger partial charge in [0.15, 0.2) is 0 Å².